The van der Waals surface area contributed by atoms with Gasteiger partial charge >= 0.3 is 0 Å². The van der Waals surface area contributed by atoms with E-state index >= 15 is 0 Å². The van der Waals surface area contributed by atoms with E-state index in [-0.39, 0.29) is 5.76 Å². The van der Waals surface area contributed by atoms with Gasteiger partial charge in [-0.15, -0.1) is 11.3 Å². The van der Waals surface area contributed by atoms with Crippen molar-refractivity contribution >= 4 is 38.7 Å². The lowest BCUT2D eigenvalue weighted by Gasteiger charge is -2.18. The van der Waals surface area contributed by atoms with Crippen LogP contribution in [-0.4, -0.2) is 31.9 Å². The molecule has 1 aromatic carbocycles. The molecular weight excluding hydrogens is 412 g/mol. The van der Waals surface area contributed by atoms with E-state index in [1.165, 1.54) is 11.3 Å². The van der Waals surface area contributed by atoms with Crippen LogP contribution in [0.5, 0.6) is 0 Å². The summed E-state index contributed by atoms with van der Waals surface area (Å²) < 4.78 is 3.04. The van der Waals surface area contributed by atoms with Crippen LogP contribution >= 0.6 is 27.3 Å². The van der Waals surface area contributed by atoms with Crippen molar-refractivity contribution in [3.8, 4) is 11.3 Å². The minimum atomic E-state index is 0.209. The first kappa shape index (κ1) is 17.1. The molecule has 0 spiro atoms. The molecule has 3 aromatic rings. The van der Waals surface area contributed by atoms with Crippen LogP contribution in [0.1, 0.15) is 10.7 Å². The molecule has 7 heteroatoms. The van der Waals surface area contributed by atoms with E-state index in [0.717, 1.165) is 21.4 Å². The van der Waals surface area contributed by atoms with Crippen molar-refractivity contribution in [2.75, 3.05) is 6.54 Å². The molecule has 0 amide bonds. The Labute approximate surface area is 163 Å². The Kier molecular flexibility index (Phi) is 4.42. The van der Waals surface area contributed by atoms with Gasteiger partial charge in [-0.05, 0) is 24.3 Å². The van der Waals surface area contributed by atoms with Crippen molar-refractivity contribution in [2.45, 2.75) is 6.54 Å². The molecular formula is C19H17BrN4OS. The molecule has 2 aromatic heterocycles. The van der Waals surface area contributed by atoms with Gasteiger partial charge in [-0.3, -0.25) is 5.41 Å². The fraction of sp³-hybridized carbons (Fsp3) is 0.158. The zero-order valence-corrected chi connectivity index (χ0v) is 16.5. The number of hydrogen-bond donors (Lipinski definition) is 2. The molecule has 0 atom stereocenters. The van der Waals surface area contributed by atoms with Gasteiger partial charge in [0.2, 0.25) is 0 Å². The van der Waals surface area contributed by atoms with Gasteiger partial charge in [0.15, 0.2) is 0 Å². The molecule has 0 unspecified atom stereocenters. The molecule has 3 heterocycles. The van der Waals surface area contributed by atoms with Crippen LogP contribution in [0.15, 0.2) is 58.2 Å². The maximum absolute atomic E-state index is 10.4. The number of amidine groups is 1. The van der Waals surface area contributed by atoms with Crippen LogP contribution in [0.3, 0.4) is 0 Å². The van der Waals surface area contributed by atoms with Crippen molar-refractivity contribution in [1.29, 1.82) is 5.41 Å². The molecule has 1 aliphatic rings. The van der Waals surface area contributed by atoms with Crippen molar-refractivity contribution in [1.82, 2.24) is 14.5 Å². The Hall–Kier alpha value is -2.38. The van der Waals surface area contributed by atoms with Crippen molar-refractivity contribution in [2.24, 2.45) is 7.05 Å². The maximum Gasteiger partial charge on any atom is 0.135 e. The number of thiazole rings is 1. The third-order valence-electron chi connectivity index (χ3n) is 4.44. The second-order valence-electron chi connectivity index (χ2n) is 6.18. The minimum absolute atomic E-state index is 0.209. The van der Waals surface area contributed by atoms with E-state index in [0.29, 0.717) is 29.5 Å². The highest BCUT2D eigenvalue weighted by molar-refractivity contribution is 9.10. The first-order valence-corrected chi connectivity index (χ1v) is 9.78. The van der Waals surface area contributed by atoms with E-state index in [4.69, 9.17) is 5.41 Å². The lowest BCUT2D eigenvalue weighted by atomic mass is 10.2. The minimum Gasteiger partial charge on any atom is -0.510 e. The van der Waals surface area contributed by atoms with E-state index in [1.807, 2.05) is 64.5 Å². The largest absolute Gasteiger partial charge is 0.510 e. The summed E-state index contributed by atoms with van der Waals surface area (Å²) in [4.78, 5) is 6.52. The summed E-state index contributed by atoms with van der Waals surface area (Å²) in [5, 5.41) is 21.6. The monoisotopic (exact) mass is 428 g/mol. The standard InChI is InChI=1S/C19H17BrN4OS/c1-23-8-2-3-14(23)9-24-10-16(25)17(18(24)21)19-22-15(11-26-19)12-4-6-13(20)7-5-12/h2-8,11,21,25H,9-10H2,1H3. The number of benzene rings is 1. The summed E-state index contributed by atoms with van der Waals surface area (Å²) in [6.45, 7) is 0.924. The molecule has 1 aliphatic heterocycles. The molecule has 5 nitrogen and oxygen atoms in total. The molecule has 0 radical (unpaired) electrons. The smallest absolute Gasteiger partial charge is 0.135 e. The van der Waals surface area contributed by atoms with E-state index in [1.54, 1.807) is 0 Å². The normalized spacial score (nSPS) is 14.5. The highest BCUT2D eigenvalue weighted by Gasteiger charge is 2.30. The van der Waals surface area contributed by atoms with Crippen LogP contribution in [0, 0.1) is 5.41 Å². The number of nitrogens with zero attached hydrogens (tertiary/aromatic N) is 3. The number of aromatic nitrogens is 2. The predicted octanol–water partition coefficient (Wildman–Crippen LogP) is 4.67. The first-order valence-electron chi connectivity index (χ1n) is 8.11. The molecule has 0 saturated carbocycles. The molecule has 0 bridgehead atoms. The number of rotatable bonds is 4. The number of halogens is 1. The molecule has 132 valence electrons. The van der Waals surface area contributed by atoms with Crippen molar-refractivity contribution < 1.29 is 5.11 Å². The third kappa shape index (κ3) is 3.08. The quantitative estimate of drug-likeness (QED) is 0.634. The fourth-order valence-corrected chi connectivity index (χ4v) is 4.15. The van der Waals surface area contributed by atoms with E-state index in [2.05, 4.69) is 20.9 Å². The van der Waals surface area contributed by atoms with Gasteiger partial charge in [-0.2, -0.15) is 0 Å². The Morgan fingerprint density at radius 2 is 2.04 bits per heavy atom. The highest BCUT2D eigenvalue weighted by atomic mass is 79.9. The van der Waals surface area contributed by atoms with Gasteiger partial charge in [-0.25, -0.2) is 4.98 Å². The summed E-state index contributed by atoms with van der Waals surface area (Å²) in [5.74, 6) is 0.529. The SMILES string of the molecule is Cn1cccc1CN1CC(O)=C(c2nc(-c3ccc(Br)cc3)cs2)C1=N. The zero-order valence-electron chi connectivity index (χ0n) is 14.1. The van der Waals surface area contributed by atoms with Crippen molar-refractivity contribution in [3.63, 3.8) is 0 Å². The van der Waals surface area contributed by atoms with Crippen LogP contribution < -0.4 is 0 Å². The van der Waals surface area contributed by atoms with Gasteiger partial charge in [-0.1, -0.05) is 28.1 Å². The number of nitrogens with one attached hydrogen (secondary N) is 1. The molecule has 2 N–H and O–H groups in total. The Balaban J connectivity index is 1.58. The second-order valence-corrected chi connectivity index (χ2v) is 7.96. The second kappa shape index (κ2) is 6.74. The topological polar surface area (TPSA) is 65.1 Å². The fourth-order valence-electron chi connectivity index (χ4n) is 2.99. The number of hydrogen-bond acceptors (Lipinski definition) is 4. The van der Waals surface area contributed by atoms with Gasteiger partial charge in [0.1, 0.15) is 16.6 Å². The lowest BCUT2D eigenvalue weighted by Crippen LogP contribution is -2.26. The zero-order chi connectivity index (χ0) is 18.3. The maximum atomic E-state index is 10.4. The highest BCUT2D eigenvalue weighted by Crippen LogP contribution is 2.33. The molecule has 4 rings (SSSR count). The number of aliphatic hydroxyl groups is 1. The first-order chi connectivity index (χ1) is 12.5. The summed E-state index contributed by atoms with van der Waals surface area (Å²) in [5.41, 5.74) is 3.50. The Bertz CT molecular complexity index is 1000. The summed E-state index contributed by atoms with van der Waals surface area (Å²) in [6, 6.07) is 12.0. The third-order valence-corrected chi connectivity index (χ3v) is 5.83. The van der Waals surface area contributed by atoms with E-state index in [9.17, 15) is 5.11 Å². The molecule has 0 fully saturated rings. The summed E-state index contributed by atoms with van der Waals surface area (Å²) >= 11 is 4.89. The number of aliphatic hydroxyl groups excluding tert-OH is 1. The Morgan fingerprint density at radius 3 is 2.73 bits per heavy atom. The molecule has 26 heavy (non-hydrogen) atoms. The average Bonchev–Trinajstić information content (AvgIpc) is 3.30. The summed E-state index contributed by atoms with van der Waals surface area (Å²) in [7, 11) is 1.98. The van der Waals surface area contributed by atoms with Crippen LogP contribution in [0.4, 0.5) is 0 Å². The van der Waals surface area contributed by atoms with Gasteiger partial charge < -0.3 is 14.6 Å². The molecule has 0 saturated heterocycles. The molecule has 0 aliphatic carbocycles. The predicted molar refractivity (Wildman–Crippen MR) is 108 cm³/mol. The van der Waals surface area contributed by atoms with Crippen molar-refractivity contribution in [3.05, 3.63) is 68.9 Å². The van der Waals surface area contributed by atoms with Gasteiger partial charge in [0.05, 0.1) is 24.4 Å². The van der Waals surface area contributed by atoms with Gasteiger partial charge in [0, 0.05) is 34.4 Å². The summed E-state index contributed by atoms with van der Waals surface area (Å²) in [6.07, 6.45) is 1.98. The van der Waals surface area contributed by atoms with Crippen LogP contribution in [0.25, 0.3) is 16.8 Å². The van der Waals surface area contributed by atoms with E-state index < -0.39 is 0 Å². The lowest BCUT2D eigenvalue weighted by molar-refractivity contribution is 0.343. The van der Waals surface area contributed by atoms with Crippen LogP contribution in [0.2, 0.25) is 0 Å². The van der Waals surface area contributed by atoms with Crippen LogP contribution in [-0.2, 0) is 13.6 Å². The van der Waals surface area contributed by atoms with Gasteiger partial charge in [0.25, 0.3) is 0 Å². The average molecular weight is 429 g/mol. The number of aryl methyl sites for hydroxylation is 1. The Morgan fingerprint density at radius 1 is 1.27 bits per heavy atom.